The summed E-state index contributed by atoms with van der Waals surface area (Å²) in [7, 11) is 1.80. The fraction of sp³-hybridized carbons (Fsp3) is 0.750. The Morgan fingerprint density at radius 3 is 2.55 bits per heavy atom. The molecule has 7 heteroatoms. The highest BCUT2D eigenvalue weighted by atomic mass is 127. The first-order valence-corrected chi connectivity index (χ1v) is 12.0. The standard InChI is InChI=1S/C24H41N5O.HI/c1-3-25-23(28-20-24(13-17-30-2)11-6-7-12-24)27-19-21-10-14-26-22(18-21)29-15-8-4-5-9-16-29;/h10,14,18H,3-9,11-13,15-17,19-20H2,1-2H3,(H2,25,27,28);1H. The van der Waals surface area contributed by atoms with E-state index in [2.05, 4.69) is 39.6 Å². The number of pyridine rings is 1. The van der Waals surface area contributed by atoms with Crippen LogP contribution in [0.4, 0.5) is 5.82 Å². The minimum atomic E-state index is 0. The Kier molecular flexibility index (Phi) is 11.9. The van der Waals surface area contributed by atoms with Crippen molar-refractivity contribution in [3.05, 3.63) is 23.9 Å². The summed E-state index contributed by atoms with van der Waals surface area (Å²) in [6.07, 6.45) is 13.5. The van der Waals surface area contributed by atoms with E-state index >= 15 is 0 Å². The highest BCUT2D eigenvalue weighted by molar-refractivity contribution is 14.0. The van der Waals surface area contributed by atoms with Crippen LogP contribution in [0, 0.1) is 5.41 Å². The lowest BCUT2D eigenvalue weighted by molar-refractivity contribution is 0.138. The fourth-order valence-electron chi connectivity index (χ4n) is 4.77. The number of ether oxygens (including phenoxy) is 1. The normalized spacial score (nSPS) is 18.9. The lowest BCUT2D eigenvalue weighted by atomic mass is 9.83. The molecule has 3 rings (SSSR count). The maximum Gasteiger partial charge on any atom is 0.191 e. The predicted octanol–water partition coefficient (Wildman–Crippen LogP) is 4.73. The van der Waals surface area contributed by atoms with Gasteiger partial charge in [-0.3, -0.25) is 0 Å². The minimum Gasteiger partial charge on any atom is -0.385 e. The first-order valence-electron chi connectivity index (χ1n) is 12.0. The number of hydrogen-bond acceptors (Lipinski definition) is 4. The Hall–Kier alpha value is -1.09. The highest BCUT2D eigenvalue weighted by Gasteiger charge is 2.33. The third kappa shape index (κ3) is 8.40. The van der Waals surface area contributed by atoms with Gasteiger partial charge in [0.25, 0.3) is 0 Å². The molecule has 0 bridgehead atoms. The van der Waals surface area contributed by atoms with Gasteiger partial charge in [0.1, 0.15) is 5.82 Å². The average Bonchev–Trinajstić information content (AvgIpc) is 3.07. The molecule has 1 aliphatic heterocycles. The average molecular weight is 544 g/mol. The van der Waals surface area contributed by atoms with Gasteiger partial charge in [0.15, 0.2) is 5.96 Å². The summed E-state index contributed by atoms with van der Waals surface area (Å²) >= 11 is 0. The maximum atomic E-state index is 5.37. The first-order chi connectivity index (χ1) is 14.7. The second-order valence-corrected chi connectivity index (χ2v) is 8.92. The van der Waals surface area contributed by atoms with Crippen molar-refractivity contribution in [1.29, 1.82) is 0 Å². The van der Waals surface area contributed by atoms with Crippen LogP contribution in [0.25, 0.3) is 0 Å². The lowest BCUT2D eigenvalue weighted by Gasteiger charge is -2.30. The second kappa shape index (κ2) is 14.1. The number of nitrogens with one attached hydrogen (secondary N) is 2. The molecular formula is C24H42IN5O. The van der Waals surface area contributed by atoms with E-state index in [1.54, 1.807) is 7.11 Å². The van der Waals surface area contributed by atoms with Crippen molar-refractivity contribution in [3.8, 4) is 0 Å². The van der Waals surface area contributed by atoms with Gasteiger partial charge in [0, 0.05) is 46.1 Å². The molecule has 0 amide bonds. The summed E-state index contributed by atoms with van der Waals surface area (Å²) in [5.41, 5.74) is 1.57. The molecule has 0 aromatic carbocycles. The number of halogens is 1. The van der Waals surface area contributed by atoms with Crippen LogP contribution < -0.4 is 15.5 Å². The van der Waals surface area contributed by atoms with Crippen LogP contribution in [-0.4, -0.2) is 50.8 Å². The number of rotatable bonds is 9. The number of aromatic nitrogens is 1. The third-order valence-corrected chi connectivity index (χ3v) is 6.64. The number of anilines is 1. The van der Waals surface area contributed by atoms with Crippen LogP contribution in [0.15, 0.2) is 23.3 Å². The molecule has 176 valence electrons. The molecule has 6 nitrogen and oxygen atoms in total. The van der Waals surface area contributed by atoms with E-state index in [1.807, 2.05) is 6.20 Å². The van der Waals surface area contributed by atoms with Crippen LogP contribution in [0.5, 0.6) is 0 Å². The number of aliphatic imine (C=N–C) groups is 1. The van der Waals surface area contributed by atoms with E-state index in [9.17, 15) is 0 Å². The molecule has 0 spiro atoms. The molecule has 2 fully saturated rings. The van der Waals surface area contributed by atoms with Gasteiger partial charge in [-0.15, -0.1) is 24.0 Å². The van der Waals surface area contributed by atoms with E-state index in [0.717, 1.165) is 51.0 Å². The summed E-state index contributed by atoms with van der Waals surface area (Å²) in [4.78, 5) is 11.9. The summed E-state index contributed by atoms with van der Waals surface area (Å²) < 4.78 is 5.37. The van der Waals surface area contributed by atoms with Crippen molar-refractivity contribution in [1.82, 2.24) is 15.6 Å². The molecule has 0 atom stereocenters. The van der Waals surface area contributed by atoms with Crippen LogP contribution in [0.2, 0.25) is 0 Å². The molecule has 0 radical (unpaired) electrons. The number of guanidine groups is 1. The summed E-state index contributed by atoms with van der Waals surface area (Å²) in [5, 5.41) is 7.04. The zero-order valence-corrected chi connectivity index (χ0v) is 21.8. The van der Waals surface area contributed by atoms with E-state index in [-0.39, 0.29) is 24.0 Å². The summed E-state index contributed by atoms with van der Waals surface area (Å²) in [6.45, 7) is 7.71. The quantitative estimate of drug-likeness (QED) is 0.268. The second-order valence-electron chi connectivity index (χ2n) is 8.92. The van der Waals surface area contributed by atoms with Gasteiger partial charge in [0.05, 0.1) is 6.54 Å². The lowest BCUT2D eigenvalue weighted by Crippen LogP contribution is -2.43. The van der Waals surface area contributed by atoms with Crippen molar-refractivity contribution >= 4 is 35.8 Å². The van der Waals surface area contributed by atoms with Crippen LogP contribution >= 0.6 is 24.0 Å². The zero-order chi connectivity index (χ0) is 21.1. The minimum absolute atomic E-state index is 0. The Labute approximate surface area is 206 Å². The van der Waals surface area contributed by atoms with E-state index in [4.69, 9.17) is 9.73 Å². The van der Waals surface area contributed by atoms with Gasteiger partial charge in [-0.2, -0.15) is 0 Å². The van der Waals surface area contributed by atoms with Crippen LogP contribution in [0.3, 0.4) is 0 Å². The Balaban J connectivity index is 0.00000341. The first kappa shape index (κ1) is 26.2. The number of hydrogen-bond donors (Lipinski definition) is 2. The van der Waals surface area contributed by atoms with Gasteiger partial charge < -0.3 is 20.3 Å². The smallest absolute Gasteiger partial charge is 0.191 e. The zero-order valence-electron chi connectivity index (χ0n) is 19.5. The van der Waals surface area contributed by atoms with Gasteiger partial charge in [-0.25, -0.2) is 9.98 Å². The maximum absolute atomic E-state index is 5.37. The monoisotopic (exact) mass is 543 g/mol. The molecule has 1 aromatic rings. The fourth-order valence-corrected chi connectivity index (χ4v) is 4.77. The highest BCUT2D eigenvalue weighted by Crippen LogP contribution is 2.40. The van der Waals surface area contributed by atoms with Gasteiger partial charge in [-0.05, 0) is 62.1 Å². The largest absolute Gasteiger partial charge is 0.385 e. The van der Waals surface area contributed by atoms with Gasteiger partial charge >= 0.3 is 0 Å². The molecule has 2 N–H and O–H groups in total. The van der Waals surface area contributed by atoms with Crippen molar-refractivity contribution in [2.45, 2.75) is 71.3 Å². The van der Waals surface area contributed by atoms with Crippen molar-refractivity contribution in [2.75, 3.05) is 44.8 Å². The third-order valence-electron chi connectivity index (χ3n) is 6.64. The van der Waals surface area contributed by atoms with Crippen LogP contribution in [0.1, 0.15) is 70.3 Å². The van der Waals surface area contributed by atoms with E-state index < -0.39 is 0 Å². The summed E-state index contributed by atoms with van der Waals surface area (Å²) in [6, 6.07) is 4.31. The SMILES string of the molecule is CCNC(=NCc1ccnc(N2CCCCCC2)c1)NCC1(CCOC)CCCC1.I. The molecule has 31 heavy (non-hydrogen) atoms. The molecule has 2 heterocycles. The van der Waals surface area contributed by atoms with Crippen molar-refractivity contribution in [3.63, 3.8) is 0 Å². The molecule has 1 saturated heterocycles. The van der Waals surface area contributed by atoms with Crippen molar-refractivity contribution in [2.24, 2.45) is 10.4 Å². The van der Waals surface area contributed by atoms with Gasteiger partial charge in [0.2, 0.25) is 0 Å². The Bertz CT molecular complexity index is 655. The number of nitrogens with zero attached hydrogens (tertiary/aromatic N) is 3. The number of methoxy groups -OCH3 is 1. The Morgan fingerprint density at radius 2 is 1.87 bits per heavy atom. The van der Waals surface area contributed by atoms with Gasteiger partial charge in [-0.1, -0.05) is 25.7 Å². The molecule has 1 aliphatic carbocycles. The van der Waals surface area contributed by atoms with Crippen LogP contribution in [-0.2, 0) is 11.3 Å². The molecule has 1 aromatic heterocycles. The molecule has 2 aliphatic rings. The van der Waals surface area contributed by atoms with Crippen molar-refractivity contribution < 1.29 is 4.74 Å². The topological polar surface area (TPSA) is 61.8 Å². The van der Waals surface area contributed by atoms with E-state index in [0.29, 0.717) is 12.0 Å². The predicted molar refractivity (Wildman–Crippen MR) is 141 cm³/mol. The Morgan fingerprint density at radius 1 is 1.13 bits per heavy atom. The molecular weight excluding hydrogens is 501 g/mol. The summed E-state index contributed by atoms with van der Waals surface area (Å²) in [5.74, 6) is 2.02. The molecule has 0 unspecified atom stereocenters. The molecule has 1 saturated carbocycles. The van der Waals surface area contributed by atoms with E-state index in [1.165, 1.54) is 56.9 Å².